The van der Waals surface area contributed by atoms with Crippen LogP contribution in [0.3, 0.4) is 0 Å². The van der Waals surface area contributed by atoms with E-state index in [0.29, 0.717) is 34.3 Å². The Kier molecular flexibility index (Phi) is 5.14. The first-order valence-corrected chi connectivity index (χ1v) is 9.20. The largest absolute Gasteiger partial charge is 0.496 e. The van der Waals surface area contributed by atoms with Gasteiger partial charge in [-0.25, -0.2) is 4.98 Å². The van der Waals surface area contributed by atoms with E-state index in [4.69, 9.17) is 9.15 Å². The highest BCUT2D eigenvalue weighted by molar-refractivity contribution is 5.95. The molecule has 10 heteroatoms. The highest BCUT2D eigenvalue weighted by Crippen LogP contribution is 2.31. The van der Waals surface area contributed by atoms with Crippen molar-refractivity contribution in [3.8, 4) is 17.2 Å². The number of aromatic nitrogens is 3. The van der Waals surface area contributed by atoms with Gasteiger partial charge in [-0.15, -0.1) is 5.10 Å². The number of alkyl halides is 3. The maximum Gasteiger partial charge on any atom is 0.416 e. The molecule has 0 atom stereocenters. The maximum absolute atomic E-state index is 12.8. The molecule has 0 saturated heterocycles. The standard InChI is InChI=1S/C21H17F3N4O3/c1-12-25-11-18-28(12)27-20(31-18)16-7-6-14(9-17(16)30-2)19(29)26-10-13-4-3-5-15(8-13)21(22,23)24/h3-9,11H,10H2,1-2H3,(H,26,29). The first-order chi connectivity index (χ1) is 14.8. The average Bonchev–Trinajstić information content (AvgIpc) is 3.33. The Labute approximate surface area is 174 Å². The lowest BCUT2D eigenvalue weighted by atomic mass is 10.1. The Balaban J connectivity index is 1.53. The van der Waals surface area contributed by atoms with Crippen molar-refractivity contribution < 1.29 is 27.1 Å². The van der Waals surface area contributed by atoms with Gasteiger partial charge >= 0.3 is 6.18 Å². The van der Waals surface area contributed by atoms with Crippen molar-refractivity contribution in [2.45, 2.75) is 19.6 Å². The molecule has 160 valence electrons. The van der Waals surface area contributed by atoms with E-state index in [-0.39, 0.29) is 12.1 Å². The Morgan fingerprint density at radius 1 is 1.23 bits per heavy atom. The maximum atomic E-state index is 12.8. The first kappa shape index (κ1) is 20.5. The summed E-state index contributed by atoms with van der Waals surface area (Å²) in [6.07, 6.45) is -2.89. The number of benzene rings is 2. The third-order valence-electron chi connectivity index (χ3n) is 4.67. The number of carbonyl (C=O) groups excluding carboxylic acids is 1. The lowest BCUT2D eigenvalue weighted by Crippen LogP contribution is -2.23. The predicted octanol–water partition coefficient (Wildman–Crippen LogP) is 4.26. The zero-order valence-electron chi connectivity index (χ0n) is 16.5. The van der Waals surface area contributed by atoms with Crippen molar-refractivity contribution in [1.82, 2.24) is 19.9 Å². The van der Waals surface area contributed by atoms with Crippen LogP contribution < -0.4 is 10.1 Å². The molecule has 1 amide bonds. The van der Waals surface area contributed by atoms with E-state index in [0.717, 1.165) is 12.1 Å². The number of fused-ring (bicyclic) bond motifs is 1. The SMILES string of the molecule is COc1cc(C(=O)NCc2cccc(C(F)(F)F)c2)ccc1-c1nn2c(C)ncc2o1. The number of rotatable bonds is 5. The molecule has 0 aliphatic rings. The molecule has 0 fully saturated rings. The van der Waals surface area contributed by atoms with Crippen LogP contribution in [0.25, 0.3) is 17.2 Å². The summed E-state index contributed by atoms with van der Waals surface area (Å²) >= 11 is 0. The van der Waals surface area contributed by atoms with Gasteiger partial charge in [-0.3, -0.25) is 4.79 Å². The fraction of sp³-hybridized carbons (Fsp3) is 0.190. The van der Waals surface area contributed by atoms with Crippen LogP contribution in [-0.2, 0) is 12.7 Å². The Bertz CT molecular complexity index is 1260. The Morgan fingerprint density at radius 3 is 2.74 bits per heavy atom. The predicted molar refractivity (Wildman–Crippen MR) is 105 cm³/mol. The number of ether oxygens (including phenoxy) is 1. The second kappa shape index (κ2) is 7.78. The number of nitrogens with one attached hydrogen (secondary N) is 1. The zero-order chi connectivity index (χ0) is 22.2. The number of methoxy groups -OCH3 is 1. The van der Waals surface area contributed by atoms with Crippen molar-refractivity contribution in [3.05, 3.63) is 71.2 Å². The van der Waals surface area contributed by atoms with Gasteiger partial charge in [0.1, 0.15) is 11.6 Å². The molecule has 2 heterocycles. The summed E-state index contributed by atoms with van der Waals surface area (Å²) in [7, 11) is 1.45. The van der Waals surface area contributed by atoms with Gasteiger partial charge in [0, 0.05) is 12.1 Å². The number of amides is 1. The minimum Gasteiger partial charge on any atom is -0.496 e. The molecule has 0 saturated carbocycles. The topological polar surface area (TPSA) is 81.7 Å². The van der Waals surface area contributed by atoms with Gasteiger partial charge in [-0.2, -0.15) is 17.7 Å². The molecule has 2 aromatic carbocycles. The van der Waals surface area contributed by atoms with Gasteiger partial charge < -0.3 is 14.5 Å². The van der Waals surface area contributed by atoms with Gasteiger partial charge in [0.05, 0.1) is 24.4 Å². The van der Waals surface area contributed by atoms with E-state index >= 15 is 0 Å². The minimum absolute atomic E-state index is 0.0512. The van der Waals surface area contributed by atoms with Crippen LogP contribution in [0.15, 0.2) is 53.1 Å². The molecule has 0 spiro atoms. The highest BCUT2D eigenvalue weighted by atomic mass is 19.4. The van der Waals surface area contributed by atoms with Crippen LogP contribution in [-0.4, -0.2) is 27.6 Å². The molecule has 2 aromatic heterocycles. The van der Waals surface area contributed by atoms with E-state index in [1.807, 2.05) is 0 Å². The van der Waals surface area contributed by atoms with Crippen molar-refractivity contribution in [1.29, 1.82) is 0 Å². The number of aryl methyl sites for hydroxylation is 1. The smallest absolute Gasteiger partial charge is 0.416 e. The van der Waals surface area contributed by atoms with Crippen molar-refractivity contribution >= 4 is 11.6 Å². The minimum atomic E-state index is -4.44. The number of hydrogen-bond acceptors (Lipinski definition) is 5. The molecule has 31 heavy (non-hydrogen) atoms. The van der Waals surface area contributed by atoms with Crippen molar-refractivity contribution in [3.63, 3.8) is 0 Å². The molecule has 7 nitrogen and oxygen atoms in total. The van der Waals surface area contributed by atoms with Gasteiger partial charge in [-0.05, 0) is 42.8 Å². The summed E-state index contributed by atoms with van der Waals surface area (Å²) in [6.45, 7) is 1.73. The fourth-order valence-electron chi connectivity index (χ4n) is 3.08. The van der Waals surface area contributed by atoms with Gasteiger partial charge in [0.2, 0.25) is 11.6 Å². The molecule has 0 aliphatic carbocycles. The van der Waals surface area contributed by atoms with Crippen LogP contribution in [0.2, 0.25) is 0 Å². The second-order valence-electron chi connectivity index (χ2n) is 6.76. The third-order valence-corrected chi connectivity index (χ3v) is 4.67. The first-order valence-electron chi connectivity index (χ1n) is 9.20. The quantitative estimate of drug-likeness (QED) is 0.512. The van der Waals surface area contributed by atoms with E-state index in [1.165, 1.54) is 25.3 Å². The van der Waals surface area contributed by atoms with Crippen molar-refractivity contribution in [2.75, 3.05) is 7.11 Å². The van der Waals surface area contributed by atoms with Gasteiger partial charge in [-0.1, -0.05) is 12.1 Å². The summed E-state index contributed by atoms with van der Waals surface area (Å²) in [5.41, 5.74) is 0.867. The Morgan fingerprint density at radius 2 is 2.03 bits per heavy atom. The number of nitrogens with zero attached hydrogens (tertiary/aromatic N) is 3. The summed E-state index contributed by atoms with van der Waals surface area (Å²) in [5.74, 6) is 0.868. The molecule has 1 N–H and O–H groups in total. The number of hydrogen-bond donors (Lipinski definition) is 1. The van der Waals surface area contributed by atoms with Crippen molar-refractivity contribution in [2.24, 2.45) is 0 Å². The van der Waals surface area contributed by atoms with Gasteiger partial charge in [0.25, 0.3) is 5.91 Å². The highest BCUT2D eigenvalue weighted by Gasteiger charge is 2.30. The average molecular weight is 430 g/mol. The third kappa shape index (κ3) is 4.09. The van der Waals surface area contributed by atoms with E-state index < -0.39 is 17.6 Å². The van der Waals surface area contributed by atoms with Crippen LogP contribution in [0.4, 0.5) is 13.2 Å². The molecular weight excluding hydrogens is 413 g/mol. The summed E-state index contributed by atoms with van der Waals surface area (Å²) < 4.78 is 51.1. The lowest BCUT2D eigenvalue weighted by Gasteiger charge is -2.11. The number of halogens is 3. The van der Waals surface area contributed by atoms with Crippen LogP contribution in [0, 0.1) is 6.92 Å². The zero-order valence-corrected chi connectivity index (χ0v) is 16.5. The normalized spacial score (nSPS) is 11.6. The molecule has 0 radical (unpaired) electrons. The molecule has 0 bridgehead atoms. The summed E-state index contributed by atoms with van der Waals surface area (Å²) in [6, 6.07) is 9.51. The summed E-state index contributed by atoms with van der Waals surface area (Å²) in [4.78, 5) is 16.6. The van der Waals surface area contributed by atoms with Crippen LogP contribution in [0.1, 0.15) is 27.3 Å². The van der Waals surface area contributed by atoms with Gasteiger partial charge in [0.15, 0.2) is 0 Å². The number of carbonyl (C=O) groups is 1. The number of imidazole rings is 1. The van der Waals surface area contributed by atoms with E-state index in [9.17, 15) is 18.0 Å². The molecule has 4 rings (SSSR count). The molecule has 0 aliphatic heterocycles. The Hall–Kier alpha value is -3.82. The van der Waals surface area contributed by atoms with E-state index in [2.05, 4.69) is 15.4 Å². The second-order valence-corrected chi connectivity index (χ2v) is 6.76. The fourth-order valence-corrected chi connectivity index (χ4v) is 3.08. The molecule has 0 unspecified atom stereocenters. The molecule has 4 aromatic rings. The van der Waals surface area contributed by atoms with Crippen LogP contribution in [0.5, 0.6) is 5.75 Å². The summed E-state index contributed by atoms with van der Waals surface area (Å²) in [5, 5.41) is 6.96. The monoisotopic (exact) mass is 430 g/mol. The molecular formula is C21H17F3N4O3. The van der Waals surface area contributed by atoms with Crippen LogP contribution >= 0.6 is 0 Å². The lowest BCUT2D eigenvalue weighted by molar-refractivity contribution is -0.137. The van der Waals surface area contributed by atoms with E-state index in [1.54, 1.807) is 29.8 Å².